The predicted octanol–water partition coefficient (Wildman–Crippen LogP) is 3.67. The predicted molar refractivity (Wildman–Crippen MR) is 104 cm³/mol. The first-order chi connectivity index (χ1) is 12.9. The van der Waals surface area contributed by atoms with Crippen molar-refractivity contribution < 1.29 is 14.5 Å². The number of halogens is 1. The summed E-state index contributed by atoms with van der Waals surface area (Å²) < 4.78 is 0. The molecule has 140 valence electrons. The van der Waals surface area contributed by atoms with Gasteiger partial charge in [-0.2, -0.15) is 0 Å². The van der Waals surface area contributed by atoms with Gasteiger partial charge in [0.15, 0.2) is 0 Å². The number of nitrogens with one attached hydrogen (secondary N) is 2. The SMILES string of the molecule is CNc1ccc([N+](=O)[O-])cc1C(=O)Nc1ccc(N2CCCC2=O)c(Cl)c1. The molecule has 0 bridgehead atoms. The van der Waals surface area contributed by atoms with Crippen molar-refractivity contribution in [3.05, 3.63) is 57.1 Å². The number of benzene rings is 2. The fourth-order valence-electron chi connectivity index (χ4n) is 2.96. The van der Waals surface area contributed by atoms with Gasteiger partial charge in [-0.05, 0) is 30.7 Å². The zero-order valence-corrected chi connectivity index (χ0v) is 15.2. The van der Waals surface area contributed by atoms with Crippen LogP contribution >= 0.6 is 11.6 Å². The summed E-state index contributed by atoms with van der Waals surface area (Å²) in [6.07, 6.45) is 1.28. The molecular formula is C18H17ClN4O4. The van der Waals surface area contributed by atoms with Crippen molar-refractivity contribution in [2.24, 2.45) is 0 Å². The molecular weight excluding hydrogens is 372 g/mol. The van der Waals surface area contributed by atoms with Crippen LogP contribution in [0.1, 0.15) is 23.2 Å². The zero-order valence-electron chi connectivity index (χ0n) is 14.5. The van der Waals surface area contributed by atoms with Crippen LogP contribution in [0, 0.1) is 10.1 Å². The van der Waals surface area contributed by atoms with E-state index < -0.39 is 10.8 Å². The lowest BCUT2D eigenvalue weighted by Crippen LogP contribution is -2.24. The monoisotopic (exact) mass is 388 g/mol. The van der Waals surface area contributed by atoms with Gasteiger partial charge < -0.3 is 15.5 Å². The molecule has 0 saturated carbocycles. The summed E-state index contributed by atoms with van der Waals surface area (Å²) in [5.74, 6) is -0.493. The lowest BCUT2D eigenvalue weighted by Gasteiger charge is -2.18. The second-order valence-corrected chi connectivity index (χ2v) is 6.41. The number of nitro benzene ring substituents is 1. The molecule has 0 radical (unpaired) electrons. The molecule has 2 aromatic carbocycles. The Morgan fingerprint density at radius 2 is 2.04 bits per heavy atom. The van der Waals surface area contributed by atoms with E-state index in [-0.39, 0.29) is 17.2 Å². The normalized spacial score (nSPS) is 13.6. The molecule has 2 amide bonds. The number of nitrogens with zero attached hydrogens (tertiary/aromatic N) is 2. The van der Waals surface area contributed by atoms with Crippen LogP contribution in [-0.4, -0.2) is 30.3 Å². The minimum absolute atomic E-state index is 0.0175. The van der Waals surface area contributed by atoms with Crippen LogP contribution in [-0.2, 0) is 4.79 Å². The average Bonchev–Trinajstić information content (AvgIpc) is 3.07. The maximum absolute atomic E-state index is 12.6. The second-order valence-electron chi connectivity index (χ2n) is 6.01. The molecule has 0 unspecified atom stereocenters. The smallest absolute Gasteiger partial charge is 0.270 e. The van der Waals surface area contributed by atoms with E-state index in [1.165, 1.54) is 18.2 Å². The van der Waals surface area contributed by atoms with Crippen molar-refractivity contribution >= 4 is 46.2 Å². The molecule has 2 aromatic rings. The van der Waals surface area contributed by atoms with Gasteiger partial charge in [0.1, 0.15) is 0 Å². The van der Waals surface area contributed by atoms with E-state index in [0.29, 0.717) is 35.1 Å². The lowest BCUT2D eigenvalue weighted by molar-refractivity contribution is -0.384. The lowest BCUT2D eigenvalue weighted by atomic mass is 10.1. The van der Waals surface area contributed by atoms with Crippen molar-refractivity contribution in [1.82, 2.24) is 0 Å². The molecule has 1 aliphatic rings. The van der Waals surface area contributed by atoms with Gasteiger partial charge in [0.25, 0.3) is 11.6 Å². The van der Waals surface area contributed by atoms with E-state index in [9.17, 15) is 19.7 Å². The Labute approximate surface area is 160 Å². The van der Waals surface area contributed by atoms with Gasteiger partial charge in [0.2, 0.25) is 5.91 Å². The summed E-state index contributed by atoms with van der Waals surface area (Å²) in [5, 5.41) is 16.8. The van der Waals surface area contributed by atoms with Crippen LogP contribution in [0.4, 0.5) is 22.7 Å². The topological polar surface area (TPSA) is 105 Å². The number of non-ortho nitro benzene ring substituents is 1. The quantitative estimate of drug-likeness (QED) is 0.600. The van der Waals surface area contributed by atoms with Crippen LogP contribution in [0.25, 0.3) is 0 Å². The third kappa shape index (κ3) is 3.85. The van der Waals surface area contributed by atoms with Gasteiger partial charge >= 0.3 is 0 Å². The van der Waals surface area contributed by atoms with Crippen LogP contribution in [0.5, 0.6) is 0 Å². The van der Waals surface area contributed by atoms with Crippen LogP contribution < -0.4 is 15.5 Å². The van der Waals surface area contributed by atoms with E-state index in [0.717, 1.165) is 6.42 Å². The van der Waals surface area contributed by atoms with E-state index in [4.69, 9.17) is 11.6 Å². The summed E-state index contributed by atoms with van der Waals surface area (Å²) in [6.45, 7) is 0.615. The summed E-state index contributed by atoms with van der Waals surface area (Å²) in [7, 11) is 1.62. The Morgan fingerprint density at radius 1 is 1.26 bits per heavy atom. The third-order valence-corrected chi connectivity index (χ3v) is 4.60. The highest BCUT2D eigenvalue weighted by molar-refractivity contribution is 6.34. The second kappa shape index (κ2) is 7.63. The minimum Gasteiger partial charge on any atom is -0.387 e. The molecule has 8 nitrogen and oxygen atoms in total. The minimum atomic E-state index is -0.561. The molecule has 9 heteroatoms. The number of anilines is 3. The third-order valence-electron chi connectivity index (χ3n) is 4.30. The van der Waals surface area contributed by atoms with E-state index in [1.807, 2.05) is 0 Å². The molecule has 0 aromatic heterocycles. The highest BCUT2D eigenvalue weighted by Gasteiger charge is 2.24. The fraction of sp³-hybridized carbons (Fsp3) is 0.222. The number of rotatable bonds is 5. The Balaban J connectivity index is 1.84. The van der Waals surface area contributed by atoms with Gasteiger partial charge in [-0.1, -0.05) is 11.6 Å². The van der Waals surface area contributed by atoms with E-state index in [1.54, 1.807) is 30.1 Å². The number of hydrogen-bond acceptors (Lipinski definition) is 5. The molecule has 27 heavy (non-hydrogen) atoms. The van der Waals surface area contributed by atoms with Gasteiger partial charge in [0.05, 0.1) is 21.2 Å². The first-order valence-corrected chi connectivity index (χ1v) is 8.66. The first kappa shape index (κ1) is 18.7. The molecule has 0 atom stereocenters. The van der Waals surface area contributed by atoms with Crippen molar-refractivity contribution in [3.63, 3.8) is 0 Å². The molecule has 1 fully saturated rings. The van der Waals surface area contributed by atoms with Crippen LogP contribution in [0.15, 0.2) is 36.4 Å². The maximum atomic E-state index is 12.6. The van der Waals surface area contributed by atoms with Gasteiger partial charge in [-0.15, -0.1) is 0 Å². The Morgan fingerprint density at radius 3 is 2.63 bits per heavy atom. The van der Waals surface area contributed by atoms with Gasteiger partial charge in [-0.25, -0.2) is 0 Å². The number of carbonyl (C=O) groups excluding carboxylic acids is 2. The van der Waals surface area contributed by atoms with Crippen molar-refractivity contribution in [1.29, 1.82) is 0 Å². The zero-order chi connectivity index (χ0) is 19.6. The Hall–Kier alpha value is -3.13. The molecule has 0 spiro atoms. The molecule has 3 rings (SSSR count). The molecule has 2 N–H and O–H groups in total. The number of nitro groups is 1. The standard InChI is InChI=1S/C18H17ClN4O4/c1-20-15-6-5-12(23(26)27)10-13(15)18(25)21-11-4-7-16(14(19)9-11)22-8-2-3-17(22)24/h4-7,9-10,20H,2-3,8H2,1H3,(H,21,25). The molecule has 1 aliphatic heterocycles. The highest BCUT2D eigenvalue weighted by Crippen LogP contribution is 2.32. The van der Waals surface area contributed by atoms with Crippen molar-refractivity contribution in [2.45, 2.75) is 12.8 Å². The number of amides is 2. The van der Waals surface area contributed by atoms with Crippen molar-refractivity contribution in [3.8, 4) is 0 Å². The molecule has 1 heterocycles. The highest BCUT2D eigenvalue weighted by atomic mass is 35.5. The summed E-state index contributed by atoms with van der Waals surface area (Å²) in [4.78, 5) is 36.5. The fourth-order valence-corrected chi connectivity index (χ4v) is 3.24. The Bertz CT molecular complexity index is 932. The van der Waals surface area contributed by atoms with Crippen LogP contribution in [0.2, 0.25) is 5.02 Å². The maximum Gasteiger partial charge on any atom is 0.270 e. The van der Waals surface area contributed by atoms with Gasteiger partial charge in [-0.3, -0.25) is 19.7 Å². The van der Waals surface area contributed by atoms with E-state index in [2.05, 4.69) is 10.6 Å². The largest absolute Gasteiger partial charge is 0.387 e. The van der Waals surface area contributed by atoms with E-state index >= 15 is 0 Å². The summed E-state index contributed by atoms with van der Waals surface area (Å²) in [6, 6.07) is 8.87. The molecule has 1 saturated heterocycles. The van der Waals surface area contributed by atoms with Crippen molar-refractivity contribution in [2.75, 3.05) is 29.1 Å². The van der Waals surface area contributed by atoms with Gasteiger partial charge in [0, 0.05) is 43.5 Å². The summed E-state index contributed by atoms with van der Waals surface area (Å²) in [5.41, 5.74) is 1.45. The Kier molecular flexibility index (Phi) is 5.27. The average molecular weight is 389 g/mol. The number of hydrogen-bond donors (Lipinski definition) is 2. The summed E-state index contributed by atoms with van der Waals surface area (Å²) >= 11 is 6.28. The molecule has 0 aliphatic carbocycles. The van der Waals surface area contributed by atoms with Crippen LogP contribution in [0.3, 0.4) is 0 Å². The number of carbonyl (C=O) groups is 2. The first-order valence-electron chi connectivity index (χ1n) is 8.28.